The molecular formula is C30H37N3O5S. The normalized spacial score (nSPS) is 12.1. The number of carbonyl (C=O) groups is 2. The molecule has 2 amide bonds. The van der Waals surface area contributed by atoms with Crippen molar-refractivity contribution in [2.75, 3.05) is 18.0 Å². The van der Waals surface area contributed by atoms with Gasteiger partial charge in [0.1, 0.15) is 18.3 Å². The Morgan fingerprint density at radius 3 is 2.08 bits per heavy atom. The van der Waals surface area contributed by atoms with Crippen LogP contribution in [-0.2, 0) is 26.2 Å². The summed E-state index contributed by atoms with van der Waals surface area (Å²) in [6.45, 7) is 7.09. The molecule has 0 aliphatic heterocycles. The van der Waals surface area contributed by atoms with Crippen molar-refractivity contribution < 1.29 is 22.7 Å². The van der Waals surface area contributed by atoms with E-state index in [1.165, 1.54) is 24.1 Å². The van der Waals surface area contributed by atoms with Gasteiger partial charge in [-0.25, -0.2) is 8.42 Å². The molecule has 0 aliphatic rings. The first-order valence-electron chi connectivity index (χ1n) is 12.9. The second-order valence-corrected chi connectivity index (χ2v) is 11.5. The fourth-order valence-electron chi connectivity index (χ4n) is 4.20. The first-order valence-corrected chi connectivity index (χ1v) is 14.4. The zero-order valence-electron chi connectivity index (χ0n) is 23.1. The minimum absolute atomic E-state index is 0.0657. The van der Waals surface area contributed by atoms with Crippen molar-refractivity contribution in [2.24, 2.45) is 0 Å². The lowest BCUT2D eigenvalue weighted by molar-refractivity contribution is -0.140. The molecule has 3 aromatic carbocycles. The van der Waals surface area contributed by atoms with E-state index in [9.17, 15) is 18.0 Å². The van der Waals surface area contributed by atoms with Gasteiger partial charge in [-0.1, -0.05) is 55.0 Å². The molecule has 9 heteroatoms. The second-order valence-electron chi connectivity index (χ2n) is 9.62. The number of sulfonamides is 1. The number of anilines is 1. The van der Waals surface area contributed by atoms with Crippen LogP contribution in [0.1, 0.15) is 38.3 Å². The molecule has 0 bridgehead atoms. The lowest BCUT2D eigenvalue weighted by atomic mass is 10.1. The summed E-state index contributed by atoms with van der Waals surface area (Å²) >= 11 is 0. The Morgan fingerprint density at radius 2 is 1.54 bits per heavy atom. The Kier molecular flexibility index (Phi) is 10.1. The summed E-state index contributed by atoms with van der Waals surface area (Å²) < 4.78 is 34.1. The molecule has 0 radical (unpaired) electrons. The van der Waals surface area contributed by atoms with Crippen LogP contribution in [-0.4, -0.2) is 50.9 Å². The van der Waals surface area contributed by atoms with E-state index in [-0.39, 0.29) is 23.4 Å². The summed E-state index contributed by atoms with van der Waals surface area (Å²) in [7, 11) is -2.60. The first-order chi connectivity index (χ1) is 18.6. The Labute approximate surface area is 231 Å². The number of amides is 2. The first kappa shape index (κ1) is 29.7. The van der Waals surface area contributed by atoms with Crippen LogP contribution in [0.3, 0.4) is 0 Å². The monoisotopic (exact) mass is 551 g/mol. The minimum atomic E-state index is -4.12. The van der Waals surface area contributed by atoms with E-state index in [0.29, 0.717) is 17.9 Å². The minimum Gasteiger partial charge on any atom is -0.497 e. The maximum absolute atomic E-state index is 14.0. The highest BCUT2D eigenvalue weighted by molar-refractivity contribution is 7.92. The lowest BCUT2D eigenvalue weighted by Gasteiger charge is -2.33. The predicted molar refractivity (Wildman–Crippen MR) is 153 cm³/mol. The molecular weight excluding hydrogens is 514 g/mol. The number of nitrogens with one attached hydrogen (secondary N) is 1. The summed E-state index contributed by atoms with van der Waals surface area (Å²) in [6, 6.07) is 21.4. The number of nitrogens with zero attached hydrogens (tertiary/aromatic N) is 2. The zero-order chi connectivity index (χ0) is 28.6. The molecule has 0 aliphatic carbocycles. The van der Waals surface area contributed by atoms with E-state index >= 15 is 0 Å². The summed E-state index contributed by atoms with van der Waals surface area (Å²) in [6.07, 6.45) is 0.365. The smallest absolute Gasteiger partial charge is 0.264 e. The van der Waals surface area contributed by atoms with Gasteiger partial charge >= 0.3 is 0 Å². The van der Waals surface area contributed by atoms with E-state index in [4.69, 9.17) is 4.74 Å². The number of benzene rings is 3. The highest BCUT2D eigenvalue weighted by Crippen LogP contribution is 2.27. The third-order valence-electron chi connectivity index (χ3n) is 6.26. The van der Waals surface area contributed by atoms with Crippen molar-refractivity contribution in [3.63, 3.8) is 0 Å². The molecule has 0 saturated carbocycles. The Bertz CT molecular complexity index is 1340. The maximum atomic E-state index is 14.0. The van der Waals surface area contributed by atoms with Gasteiger partial charge in [0.05, 0.1) is 17.7 Å². The number of hydrogen-bond acceptors (Lipinski definition) is 5. The van der Waals surface area contributed by atoms with Crippen LogP contribution < -0.4 is 14.4 Å². The standard InChI is InChI=1S/C30H37N3O5S/c1-6-28(30(35)31-22(2)3)32(20-24-10-8-7-9-11-24)29(34)21-33(25-14-16-26(38-5)17-15-25)39(36,37)27-18-12-23(4)13-19-27/h7-19,22,28H,6,20-21H2,1-5H3,(H,31,35)/t28-/m1/s1. The topological polar surface area (TPSA) is 96.0 Å². The highest BCUT2D eigenvalue weighted by atomic mass is 32.2. The van der Waals surface area contributed by atoms with E-state index in [0.717, 1.165) is 15.4 Å². The number of ether oxygens (including phenoxy) is 1. The summed E-state index contributed by atoms with van der Waals surface area (Å²) in [5, 5.41) is 2.90. The molecule has 0 fully saturated rings. The van der Waals surface area contributed by atoms with Crippen LogP contribution in [0.4, 0.5) is 5.69 Å². The van der Waals surface area contributed by atoms with Crippen molar-refractivity contribution in [3.8, 4) is 5.75 Å². The van der Waals surface area contributed by atoms with Crippen LogP contribution in [0.2, 0.25) is 0 Å². The van der Waals surface area contributed by atoms with Gasteiger partial charge < -0.3 is 15.0 Å². The van der Waals surface area contributed by atoms with Crippen molar-refractivity contribution in [1.82, 2.24) is 10.2 Å². The van der Waals surface area contributed by atoms with Gasteiger partial charge in [0.25, 0.3) is 10.0 Å². The molecule has 1 atom stereocenters. The fourth-order valence-corrected chi connectivity index (χ4v) is 5.61. The quantitative estimate of drug-likeness (QED) is 0.357. The van der Waals surface area contributed by atoms with Crippen LogP contribution in [0, 0.1) is 6.92 Å². The number of aryl methyl sites for hydroxylation is 1. The van der Waals surface area contributed by atoms with E-state index < -0.39 is 28.5 Å². The summed E-state index contributed by atoms with van der Waals surface area (Å²) in [5.41, 5.74) is 2.06. The van der Waals surface area contributed by atoms with Crippen LogP contribution in [0.25, 0.3) is 0 Å². The third kappa shape index (κ3) is 7.60. The zero-order valence-corrected chi connectivity index (χ0v) is 23.9. The molecule has 39 heavy (non-hydrogen) atoms. The van der Waals surface area contributed by atoms with E-state index in [2.05, 4.69) is 5.32 Å². The van der Waals surface area contributed by atoms with Gasteiger partial charge in [-0.15, -0.1) is 0 Å². The van der Waals surface area contributed by atoms with Crippen molar-refractivity contribution in [3.05, 3.63) is 90.0 Å². The molecule has 3 aromatic rings. The molecule has 208 valence electrons. The summed E-state index contributed by atoms with van der Waals surface area (Å²) in [5.74, 6) is -0.217. The molecule has 0 heterocycles. The molecule has 3 rings (SSSR count). The van der Waals surface area contributed by atoms with Gasteiger partial charge in [-0.3, -0.25) is 13.9 Å². The fraction of sp³-hybridized carbons (Fsp3) is 0.333. The maximum Gasteiger partial charge on any atom is 0.264 e. The van der Waals surface area contributed by atoms with E-state index in [1.807, 2.05) is 58.0 Å². The lowest BCUT2D eigenvalue weighted by Crippen LogP contribution is -2.53. The highest BCUT2D eigenvalue weighted by Gasteiger charge is 2.33. The van der Waals surface area contributed by atoms with Crippen molar-refractivity contribution >= 4 is 27.5 Å². The van der Waals surface area contributed by atoms with Crippen molar-refractivity contribution in [2.45, 2.75) is 57.6 Å². The van der Waals surface area contributed by atoms with E-state index in [1.54, 1.807) is 36.4 Å². The van der Waals surface area contributed by atoms with Crippen molar-refractivity contribution in [1.29, 1.82) is 0 Å². The predicted octanol–water partition coefficient (Wildman–Crippen LogP) is 4.53. The average Bonchev–Trinajstić information content (AvgIpc) is 2.92. The second kappa shape index (κ2) is 13.3. The Morgan fingerprint density at radius 1 is 0.923 bits per heavy atom. The van der Waals surface area contributed by atoms with Crippen LogP contribution >= 0.6 is 0 Å². The van der Waals surface area contributed by atoms with Gasteiger partial charge in [-0.2, -0.15) is 0 Å². The largest absolute Gasteiger partial charge is 0.497 e. The van der Waals surface area contributed by atoms with Gasteiger partial charge in [0.15, 0.2) is 0 Å². The summed E-state index contributed by atoms with van der Waals surface area (Å²) in [4.78, 5) is 28.7. The Balaban J connectivity index is 2.05. The van der Waals surface area contributed by atoms with Gasteiger partial charge in [0, 0.05) is 12.6 Å². The molecule has 1 N–H and O–H groups in total. The third-order valence-corrected chi connectivity index (χ3v) is 8.05. The molecule has 0 spiro atoms. The molecule has 0 aromatic heterocycles. The SMILES string of the molecule is CC[C@H](C(=O)NC(C)C)N(Cc1ccccc1)C(=O)CN(c1ccc(OC)cc1)S(=O)(=O)c1ccc(C)cc1. The molecule has 0 saturated heterocycles. The number of carbonyl (C=O) groups excluding carboxylic acids is 2. The number of rotatable bonds is 12. The average molecular weight is 552 g/mol. The Hall–Kier alpha value is -3.85. The molecule has 0 unspecified atom stereocenters. The van der Waals surface area contributed by atoms with Gasteiger partial charge in [0.2, 0.25) is 11.8 Å². The molecule has 8 nitrogen and oxygen atoms in total. The van der Waals surface area contributed by atoms with Crippen LogP contribution in [0.15, 0.2) is 83.8 Å². The number of hydrogen-bond donors (Lipinski definition) is 1. The van der Waals surface area contributed by atoms with Crippen LogP contribution in [0.5, 0.6) is 5.75 Å². The number of methoxy groups -OCH3 is 1. The van der Waals surface area contributed by atoms with Gasteiger partial charge in [-0.05, 0) is 69.2 Å².